The van der Waals surface area contributed by atoms with Crippen LogP contribution in [0.25, 0.3) is 0 Å². The van der Waals surface area contributed by atoms with Crippen LogP contribution in [0, 0.1) is 0 Å². The lowest BCUT2D eigenvalue weighted by atomic mass is 10.1. The zero-order chi connectivity index (χ0) is 14.5. The molecule has 1 aromatic rings. The second-order valence-corrected chi connectivity index (χ2v) is 6.26. The Bertz CT molecular complexity index is 440. The summed E-state index contributed by atoms with van der Waals surface area (Å²) in [6.07, 6.45) is 0. The number of hydrogen-bond donors (Lipinski definition) is 1. The van der Waals surface area contributed by atoms with E-state index in [-0.39, 0.29) is 0 Å². The second-order valence-electron chi connectivity index (χ2n) is 5.48. The van der Waals surface area contributed by atoms with Gasteiger partial charge in [-0.3, -0.25) is 4.90 Å². The monoisotopic (exact) mass is 316 g/mol. The minimum absolute atomic E-state index is 0.376. The van der Waals surface area contributed by atoms with E-state index < -0.39 is 0 Å². The van der Waals surface area contributed by atoms with Crippen molar-refractivity contribution in [1.82, 2.24) is 10.2 Å². The molecule has 5 heteroatoms. The molecule has 1 aliphatic heterocycles. The summed E-state index contributed by atoms with van der Waals surface area (Å²) in [5, 5.41) is 4.76. The van der Waals surface area contributed by atoms with E-state index in [2.05, 4.69) is 24.1 Å². The van der Waals surface area contributed by atoms with E-state index in [1.165, 1.54) is 0 Å². The zero-order valence-electron chi connectivity index (χ0n) is 12.0. The van der Waals surface area contributed by atoms with Crippen molar-refractivity contribution >= 4 is 23.2 Å². The molecule has 1 heterocycles. The van der Waals surface area contributed by atoms with Gasteiger partial charge in [0.15, 0.2) is 0 Å². The summed E-state index contributed by atoms with van der Waals surface area (Å²) in [6.45, 7) is 8.51. The largest absolute Gasteiger partial charge is 0.378 e. The van der Waals surface area contributed by atoms with Crippen molar-refractivity contribution in [2.24, 2.45) is 0 Å². The molecular weight excluding hydrogens is 295 g/mol. The predicted octanol–water partition coefficient (Wildman–Crippen LogP) is 3.19. The van der Waals surface area contributed by atoms with E-state index in [9.17, 15) is 0 Å². The molecule has 1 aliphatic rings. The van der Waals surface area contributed by atoms with Crippen LogP contribution in [0.15, 0.2) is 18.2 Å². The van der Waals surface area contributed by atoms with Crippen LogP contribution >= 0.6 is 23.2 Å². The van der Waals surface area contributed by atoms with Crippen molar-refractivity contribution in [2.45, 2.75) is 32.5 Å². The summed E-state index contributed by atoms with van der Waals surface area (Å²) in [4.78, 5) is 2.41. The molecule has 1 N–H and O–H groups in total. The Labute approximate surface area is 131 Å². The van der Waals surface area contributed by atoms with Gasteiger partial charge in [-0.15, -0.1) is 0 Å². The Balaban J connectivity index is 2.02. The van der Waals surface area contributed by atoms with E-state index >= 15 is 0 Å². The number of nitrogens with one attached hydrogen (secondary N) is 1. The van der Waals surface area contributed by atoms with Gasteiger partial charge in [0.25, 0.3) is 0 Å². The number of ether oxygens (including phenoxy) is 1. The molecule has 0 amide bonds. The van der Waals surface area contributed by atoms with Crippen molar-refractivity contribution in [2.75, 3.05) is 26.3 Å². The Kier molecular flexibility index (Phi) is 6.12. The van der Waals surface area contributed by atoms with Gasteiger partial charge in [0.1, 0.15) is 0 Å². The molecule has 0 saturated carbocycles. The maximum absolute atomic E-state index is 6.28. The number of hydrogen-bond acceptors (Lipinski definition) is 3. The number of morpholine rings is 1. The van der Waals surface area contributed by atoms with Crippen LogP contribution in [0.5, 0.6) is 0 Å². The van der Waals surface area contributed by atoms with Crippen LogP contribution in [0.3, 0.4) is 0 Å². The molecule has 1 unspecified atom stereocenters. The van der Waals surface area contributed by atoms with Gasteiger partial charge in [0.2, 0.25) is 0 Å². The van der Waals surface area contributed by atoms with Gasteiger partial charge in [0, 0.05) is 31.7 Å². The maximum Gasteiger partial charge on any atom is 0.0637 e. The van der Waals surface area contributed by atoms with Gasteiger partial charge >= 0.3 is 0 Å². The summed E-state index contributed by atoms with van der Waals surface area (Å²) in [5.74, 6) is 0. The van der Waals surface area contributed by atoms with Gasteiger partial charge in [-0.25, -0.2) is 0 Å². The summed E-state index contributed by atoms with van der Waals surface area (Å²) in [6, 6.07) is 6.67. The Morgan fingerprint density at radius 1 is 1.40 bits per heavy atom. The number of benzene rings is 1. The molecule has 20 heavy (non-hydrogen) atoms. The minimum Gasteiger partial charge on any atom is -0.378 e. The maximum atomic E-state index is 6.28. The minimum atomic E-state index is 0.376. The molecule has 0 radical (unpaired) electrons. The lowest BCUT2D eigenvalue weighted by Crippen LogP contribution is -2.50. The summed E-state index contributed by atoms with van der Waals surface area (Å²) in [5.41, 5.74) is 1.08. The molecule has 1 atom stereocenters. The average Bonchev–Trinajstić information content (AvgIpc) is 2.43. The molecule has 2 rings (SSSR count). The normalized spacial score (nSPS) is 20.6. The average molecular weight is 317 g/mol. The molecule has 1 saturated heterocycles. The highest BCUT2D eigenvalue weighted by Gasteiger charge is 2.23. The van der Waals surface area contributed by atoms with Crippen molar-refractivity contribution in [3.63, 3.8) is 0 Å². The number of halogens is 2. The number of nitrogens with zero attached hydrogens (tertiary/aromatic N) is 1. The topological polar surface area (TPSA) is 24.5 Å². The third-order valence-corrected chi connectivity index (χ3v) is 4.37. The van der Waals surface area contributed by atoms with Gasteiger partial charge in [-0.1, -0.05) is 49.2 Å². The van der Waals surface area contributed by atoms with Gasteiger partial charge in [-0.05, 0) is 11.6 Å². The van der Waals surface area contributed by atoms with Crippen molar-refractivity contribution in [3.05, 3.63) is 33.8 Å². The second kappa shape index (κ2) is 7.62. The fourth-order valence-corrected chi connectivity index (χ4v) is 2.73. The predicted molar refractivity (Wildman–Crippen MR) is 84.6 cm³/mol. The van der Waals surface area contributed by atoms with Crippen molar-refractivity contribution in [3.8, 4) is 0 Å². The van der Waals surface area contributed by atoms with Crippen molar-refractivity contribution in [1.29, 1.82) is 0 Å². The highest BCUT2D eigenvalue weighted by atomic mass is 35.5. The molecule has 112 valence electrons. The zero-order valence-corrected chi connectivity index (χ0v) is 13.5. The smallest absolute Gasteiger partial charge is 0.0637 e. The van der Waals surface area contributed by atoms with Crippen LogP contribution in [-0.4, -0.2) is 43.3 Å². The van der Waals surface area contributed by atoms with Gasteiger partial charge in [-0.2, -0.15) is 0 Å². The fourth-order valence-electron chi connectivity index (χ4n) is 2.35. The van der Waals surface area contributed by atoms with Crippen LogP contribution in [0.1, 0.15) is 19.4 Å². The molecule has 0 spiro atoms. The molecule has 1 aromatic carbocycles. The van der Waals surface area contributed by atoms with Gasteiger partial charge < -0.3 is 10.1 Å². The first-order valence-electron chi connectivity index (χ1n) is 7.06. The first-order chi connectivity index (χ1) is 9.58. The highest BCUT2D eigenvalue weighted by Crippen LogP contribution is 2.27. The Morgan fingerprint density at radius 3 is 2.95 bits per heavy atom. The van der Waals surface area contributed by atoms with Crippen LogP contribution in [0.2, 0.25) is 10.0 Å². The molecule has 0 aliphatic carbocycles. The standard InChI is InChI=1S/C15H22Cl2N2O/c1-11(2)18-8-13-10-20-7-6-19(13)9-12-4-3-5-14(16)15(12)17/h3-5,11,13,18H,6-10H2,1-2H3. The highest BCUT2D eigenvalue weighted by molar-refractivity contribution is 6.42. The summed E-state index contributed by atoms with van der Waals surface area (Å²) >= 11 is 12.4. The van der Waals surface area contributed by atoms with Crippen molar-refractivity contribution < 1.29 is 4.74 Å². The molecule has 1 fully saturated rings. The van der Waals surface area contributed by atoms with Crippen LogP contribution in [0.4, 0.5) is 0 Å². The molecule has 3 nitrogen and oxygen atoms in total. The lowest BCUT2D eigenvalue weighted by molar-refractivity contribution is -0.0114. The first kappa shape index (κ1) is 16.1. The SMILES string of the molecule is CC(C)NCC1COCCN1Cc1cccc(Cl)c1Cl. The third kappa shape index (κ3) is 4.34. The number of rotatable bonds is 5. The van der Waals surface area contributed by atoms with E-state index in [1.807, 2.05) is 18.2 Å². The van der Waals surface area contributed by atoms with E-state index in [4.69, 9.17) is 27.9 Å². The lowest BCUT2D eigenvalue weighted by Gasteiger charge is -2.36. The summed E-state index contributed by atoms with van der Waals surface area (Å²) < 4.78 is 5.60. The fraction of sp³-hybridized carbons (Fsp3) is 0.600. The first-order valence-corrected chi connectivity index (χ1v) is 7.81. The van der Waals surface area contributed by atoms with Crippen LogP contribution < -0.4 is 5.32 Å². The Morgan fingerprint density at radius 2 is 2.20 bits per heavy atom. The molecule has 0 bridgehead atoms. The third-order valence-electron chi connectivity index (χ3n) is 3.52. The molecular formula is C15H22Cl2N2O. The van der Waals surface area contributed by atoms with E-state index in [1.54, 1.807) is 0 Å². The van der Waals surface area contributed by atoms with Gasteiger partial charge in [0.05, 0.1) is 23.3 Å². The van der Waals surface area contributed by atoms with E-state index in [0.29, 0.717) is 22.1 Å². The Hall–Kier alpha value is -0.320. The summed E-state index contributed by atoms with van der Waals surface area (Å²) in [7, 11) is 0. The molecule has 0 aromatic heterocycles. The van der Waals surface area contributed by atoms with E-state index in [0.717, 1.165) is 38.4 Å². The quantitative estimate of drug-likeness (QED) is 0.903. The van der Waals surface area contributed by atoms with Crippen LogP contribution in [-0.2, 0) is 11.3 Å².